The van der Waals surface area contributed by atoms with Gasteiger partial charge in [0.05, 0.1) is 18.3 Å². The molecule has 1 unspecified atom stereocenters. The SMILES string of the molecule is CCCOCC1CC2=C3[C@@H](CC[C@@]2(O)CC1(OC)OC)[C@@H]1CC[C@@H](OC)[C@@]1(C)C[C@@H]3c1ccc(C(OC)OC)cc1. The Morgan fingerprint density at radius 1 is 0.976 bits per heavy atom. The Kier molecular flexibility index (Phi) is 9.37. The lowest BCUT2D eigenvalue weighted by atomic mass is 9.50. The molecule has 5 rings (SSSR count). The summed E-state index contributed by atoms with van der Waals surface area (Å²) in [5.74, 6) is 0.304. The van der Waals surface area contributed by atoms with E-state index in [1.54, 1.807) is 28.4 Å². The van der Waals surface area contributed by atoms with Crippen molar-refractivity contribution in [3.05, 3.63) is 46.5 Å². The highest BCUT2D eigenvalue weighted by Gasteiger charge is 2.61. The van der Waals surface area contributed by atoms with Crippen molar-refractivity contribution < 1.29 is 33.5 Å². The van der Waals surface area contributed by atoms with Crippen LogP contribution in [0.25, 0.3) is 0 Å². The summed E-state index contributed by atoms with van der Waals surface area (Å²) in [5, 5.41) is 12.4. The minimum absolute atomic E-state index is 0.00127. The second kappa shape index (κ2) is 12.4. The van der Waals surface area contributed by atoms with E-state index < -0.39 is 17.7 Å². The summed E-state index contributed by atoms with van der Waals surface area (Å²) in [6.07, 6.45) is 6.95. The molecule has 0 amide bonds. The van der Waals surface area contributed by atoms with Gasteiger partial charge in [0.1, 0.15) is 0 Å². The van der Waals surface area contributed by atoms with Gasteiger partial charge in [-0.1, -0.05) is 43.7 Å². The molecule has 0 spiro atoms. The average Bonchev–Trinajstić information content (AvgIpc) is 3.33. The zero-order valence-electron chi connectivity index (χ0n) is 26.2. The second-order valence-corrected chi connectivity index (χ2v) is 13.1. The van der Waals surface area contributed by atoms with Gasteiger partial charge in [0.25, 0.3) is 0 Å². The molecule has 0 aliphatic heterocycles. The van der Waals surface area contributed by atoms with Crippen molar-refractivity contribution in [2.24, 2.45) is 23.2 Å². The van der Waals surface area contributed by atoms with E-state index in [-0.39, 0.29) is 23.4 Å². The molecule has 1 aromatic rings. The third-order valence-electron chi connectivity index (χ3n) is 11.3. The highest BCUT2D eigenvalue weighted by atomic mass is 16.7. The monoisotopic (exact) mass is 572 g/mol. The maximum atomic E-state index is 12.4. The fraction of sp³-hybridized carbons (Fsp3) is 0.765. The minimum Gasteiger partial charge on any atom is -0.385 e. The van der Waals surface area contributed by atoms with Gasteiger partial charge in [-0.05, 0) is 73.3 Å². The maximum Gasteiger partial charge on any atom is 0.183 e. The first-order chi connectivity index (χ1) is 19.7. The van der Waals surface area contributed by atoms with Crippen LogP contribution in [0.3, 0.4) is 0 Å². The number of fused-ring (bicyclic) bond motifs is 4. The van der Waals surface area contributed by atoms with Crippen LogP contribution in [0.2, 0.25) is 0 Å². The van der Waals surface area contributed by atoms with Crippen LogP contribution in [-0.4, -0.2) is 71.4 Å². The molecule has 4 aliphatic carbocycles. The van der Waals surface area contributed by atoms with Crippen molar-refractivity contribution in [2.45, 2.75) is 94.9 Å². The quantitative estimate of drug-likeness (QED) is 0.193. The van der Waals surface area contributed by atoms with Crippen molar-refractivity contribution in [1.82, 2.24) is 0 Å². The first kappa shape index (κ1) is 31.1. The lowest BCUT2D eigenvalue weighted by molar-refractivity contribution is -0.281. The van der Waals surface area contributed by atoms with Gasteiger partial charge in [0.15, 0.2) is 12.1 Å². The number of ether oxygens (including phenoxy) is 6. The summed E-state index contributed by atoms with van der Waals surface area (Å²) in [5.41, 5.74) is 4.09. The molecular weight excluding hydrogens is 520 g/mol. The van der Waals surface area contributed by atoms with Crippen LogP contribution in [0, 0.1) is 23.2 Å². The predicted molar refractivity (Wildman–Crippen MR) is 157 cm³/mol. The molecule has 3 saturated carbocycles. The van der Waals surface area contributed by atoms with E-state index in [1.165, 1.54) is 23.1 Å². The topological polar surface area (TPSA) is 75.6 Å². The van der Waals surface area contributed by atoms with Crippen molar-refractivity contribution in [3.8, 4) is 0 Å². The Hall–Kier alpha value is -1.32. The predicted octanol–water partition coefficient (Wildman–Crippen LogP) is 6.16. The molecule has 7 atom stereocenters. The van der Waals surface area contributed by atoms with Crippen molar-refractivity contribution >= 4 is 0 Å². The van der Waals surface area contributed by atoms with Gasteiger partial charge in [-0.15, -0.1) is 0 Å². The van der Waals surface area contributed by atoms with E-state index in [1.807, 2.05) is 7.11 Å². The summed E-state index contributed by atoms with van der Waals surface area (Å²) >= 11 is 0. The minimum atomic E-state index is -0.957. The molecule has 4 aliphatic rings. The summed E-state index contributed by atoms with van der Waals surface area (Å²) in [4.78, 5) is 0. The summed E-state index contributed by atoms with van der Waals surface area (Å²) < 4.78 is 35.4. The standard InChI is InChI=1S/C34H52O7/c1-8-17-41-20-24-18-28-30-25(15-16-33(28,35)21-34(24,39-6)40-7)27-13-14-29(36-3)32(27,2)19-26(30)22-9-11-23(12-10-22)31(37-4)38-5/h9-12,24-27,29,31,35H,8,13-21H2,1-7H3/t24?,25-,26+,27-,29+,32-,33+/m0/s1. The summed E-state index contributed by atoms with van der Waals surface area (Å²) in [6.45, 7) is 5.84. The Morgan fingerprint density at radius 2 is 1.68 bits per heavy atom. The van der Waals surface area contributed by atoms with E-state index in [0.29, 0.717) is 31.5 Å². The van der Waals surface area contributed by atoms with E-state index in [0.717, 1.165) is 44.1 Å². The van der Waals surface area contributed by atoms with E-state index in [2.05, 4.69) is 38.1 Å². The molecule has 1 N–H and O–H groups in total. The van der Waals surface area contributed by atoms with Crippen LogP contribution in [0.15, 0.2) is 35.4 Å². The molecule has 1 aromatic carbocycles. The largest absolute Gasteiger partial charge is 0.385 e. The van der Waals surface area contributed by atoms with E-state index in [4.69, 9.17) is 28.4 Å². The molecule has 0 bridgehead atoms. The molecule has 0 saturated heterocycles. The van der Waals surface area contributed by atoms with Crippen LogP contribution in [0.5, 0.6) is 0 Å². The number of allylic oxidation sites excluding steroid dienone is 1. The normalized spacial score (nSPS) is 36.3. The van der Waals surface area contributed by atoms with Crippen LogP contribution >= 0.6 is 0 Å². The van der Waals surface area contributed by atoms with Gasteiger partial charge in [-0.3, -0.25) is 0 Å². The Labute approximate surface area is 246 Å². The zero-order valence-corrected chi connectivity index (χ0v) is 26.2. The summed E-state index contributed by atoms with van der Waals surface area (Å²) in [7, 11) is 8.62. The number of hydrogen-bond acceptors (Lipinski definition) is 7. The molecule has 41 heavy (non-hydrogen) atoms. The molecule has 0 heterocycles. The fourth-order valence-corrected chi connectivity index (χ4v) is 9.31. The third-order valence-corrected chi connectivity index (χ3v) is 11.3. The first-order valence-corrected chi connectivity index (χ1v) is 15.6. The first-order valence-electron chi connectivity index (χ1n) is 15.6. The molecule has 7 nitrogen and oxygen atoms in total. The van der Waals surface area contributed by atoms with Gasteiger partial charge >= 0.3 is 0 Å². The molecule has 3 fully saturated rings. The lowest BCUT2D eigenvalue weighted by Crippen LogP contribution is -2.58. The third kappa shape index (κ3) is 5.24. The Bertz CT molecular complexity index is 1060. The number of rotatable bonds is 11. The molecule has 230 valence electrons. The molecular formula is C34H52O7. The molecule has 0 radical (unpaired) electrons. The Morgan fingerprint density at radius 3 is 2.29 bits per heavy atom. The number of methoxy groups -OCH3 is 5. The van der Waals surface area contributed by atoms with E-state index in [9.17, 15) is 5.11 Å². The number of benzene rings is 1. The van der Waals surface area contributed by atoms with Gasteiger partial charge in [-0.2, -0.15) is 0 Å². The average molecular weight is 573 g/mol. The fourth-order valence-electron chi connectivity index (χ4n) is 9.31. The molecule has 7 heteroatoms. The van der Waals surface area contributed by atoms with Crippen molar-refractivity contribution in [3.63, 3.8) is 0 Å². The van der Waals surface area contributed by atoms with Crippen LogP contribution in [-0.2, 0) is 28.4 Å². The highest BCUT2D eigenvalue weighted by molar-refractivity contribution is 5.44. The highest BCUT2D eigenvalue weighted by Crippen LogP contribution is 2.66. The lowest BCUT2D eigenvalue weighted by Gasteiger charge is -2.58. The zero-order chi connectivity index (χ0) is 29.4. The van der Waals surface area contributed by atoms with Crippen molar-refractivity contribution in [2.75, 3.05) is 48.8 Å². The van der Waals surface area contributed by atoms with Crippen LogP contribution in [0.4, 0.5) is 0 Å². The summed E-state index contributed by atoms with van der Waals surface area (Å²) in [6, 6.07) is 8.73. The number of hydrogen-bond donors (Lipinski definition) is 1. The Balaban J connectivity index is 1.62. The second-order valence-electron chi connectivity index (χ2n) is 13.1. The maximum absolute atomic E-state index is 12.4. The number of aliphatic hydroxyl groups is 1. The van der Waals surface area contributed by atoms with Gasteiger partial charge < -0.3 is 33.5 Å². The van der Waals surface area contributed by atoms with E-state index >= 15 is 0 Å². The van der Waals surface area contributed by atoms with Gasteiger partial charge in [0.2, 0.25) is 0 Å². The van der Waals surface area contributed by atoms with Crippen molar-refractivity contribution in [1.29, 1.82) is 0 Å². The molecule has 0 aromatic heterocycles. The van der Waals surface area contributed by atoms with Crippen LogP contribution < -0.4 is 0 Å². The van der Waals surface area contributed by atoms with Gasteiger partial charge in [0, 0.05) is 66.0 Å². The van der Waals surface area contributed by atoms with Crippen LogP contribution in [0.1, 0.15) is 88.5 Å². The smallest absolute Gasteiger partial charge is 0.183 e. The van der Waals surface area contributed by atoms with Gasteiger partial charge in [-0.25, -0.2) is 0 Å².